The van der Waals surface area contributed by atoms with Crippen LogP contribution in [0.15, 0.2) is 48.7 Å². The average molecular weight is 380 g/mol. The van der Waals surface area contributed by atoms with Crippen molar-refractivity contribution in [1.29, 1.82) is 0 Å². The van der Waals surface area contributed by atoms with E-state index in [1.807, 2.05) is 44.4 Å². The number of nitrogens with two attached hydrogens (primary N) is 1. The van der Waals surface area contributed by atoms with Crippen LogP contribution in [0.3, 0.4) is 0 Å². The monoisotopic (exact) mass is 380 g/mol. The summed E-state index contributed by atoms with van der Waals surface area (Å²) >= 11 is 0. The molecule has 4 N–H and O–H groups in total. The number of phenols is 1. The van der Waals surface area contributed by atoms with Gasteiger partial charge in [0.2, 0.25) is 0 Å². The second-order valence-corrected chi connectivity index (χ2v) is 7.24. The van der Waals surface area contributed by atoms with Gasteiger partial charge in [-0.2, -0.15) is 0 Å². The Morgan fingerprint density at radius 2 is 2.04 bits per heavy atom. The van der Waals surface area contributed by atoms with Gasteiger partial charge in [0, 0.05) is 49.3 Å². The largest absolute Gasteiger partial charge is 0.508 e. The summed E-state index contributed by atoms with van der Waals surface area (Å²) in [5.41, 5.74) is 9.47. The zero-order chi connectivity index (χ0) is 20.1. The van der Waals surface area contributed by atoms with Crippen molar-refractivity contribution in [3.63, 3.8) is 0 Å². The summed E-state index contributed by atoms with van der Waals surface area (Å²) in [6.07, 6.45) is 2.88. The van der Waals surface area contributed by atoms with Crippen molar-refractivity contribution in [3.8, 4) is 5.75 Å². The Labute approximate surface area is 165 Å². The summed E-state index contributed by atoms with van der Waals surface area (Å²) in [5.74, 6) is 0.208. The first-order valence-electron chi connectivity index (χ1n) is 9.50. The van der Waals surface area contributed by atoms with Crippen molar-refractivity contribution in [2.24, 2.45) is 12.8 Å². The van der Waals surface area contributed by atoms with Crippen molar-refractivity contribution < 1.29 is 9.90 Å². The molecule has 6 heteroatoms. The zero-order valence-corrected chi connectivity index (χ0v) is 16.5. The zero-order valence-electron chi connectivity index (χ0n) is 16.5. The van der Waals surface area contributed by atoms with E-state index in [1.165, 1.54) is 0 Å². The minimum atomic E-state index is -0.0710. The van der Waals surface area contributed by atoms with Crippen LogP contribution in [0.1, 0.15) is 27.9 Å². The summed E-state index contributed by atoms with van der Waals surface area (Å²) in [4.78, 5) is 14.6. The first-order valence-corrected chi connectivity index (χ1v) is 9.50. The number of aryl methyl sites for hydroxylation is 1. The maximum absolute atomic E-state index is 12.4. The summed E-state index contributed by atoms with van der Waals surface area (Å²) < 4.78 is 2.09. The van der Waals surface area contributed by atoms with Gasteiger partial charge in [0.15, 0.2) is 0 Å². The van der Waals surface area contributed by atoms with E-state index in [0.29, 0.717) is 18.7 Å². The van der Waals surface area contributed by atoms with Crippen LogP contribution in [-0.2, 0) is 20.1 Å². The third-order valence-corrected chi connectivity index (χ3v) is 4.80. The molecular weight excluding hydrogens is 352 g/mol. The Morgan fingerprint density at radius 1 is 1.21 bits per heavy atom. The standard InChI is InChI=1S/C22H28N4O2/c1-25(13-16-5-3-6-19(27)11-16)14-18-15-26(2)21-8-7-17(12-20(18)21)22(28)24-10-4-9-23/h3,5-8,11-12,15,27H,4,9-10,13-14,23H2,1-2H3,(H,24,28). The van der Waals surface area contributed by atoms with Gasteiger partial charge in [0.1, 0.15) is 5.75 Å². The smallest absolute Gasteiger partial charge is 0.251 e. The minimum Gasteiger partial charge on any atom is -0.508 e. The fourth-order valence-electron chi connectivity index (χ4n) is 3.46. The number of carbonyl (C=O) groups excluding carboxylic acids is 1. The topological polar surface area (TPSA) is 83.5 Å². The van der Waals surface area contributed by atoms with Crippen molar-refractivity contribution in [2.45, 2.75) is 19.5 Å². The van der Waals surface area contributed by atoms with Crippen LogP contribution in [0.2, 0.25) is 0 Å². The van der Waals surface area contributed by atoms with E-state index in [9.17, 15) is 9.90 Å². The fourth-order valence-corrected chi connectivity index (χ4v) is 3.46. The Bertz CT molecular complexity index is 964. The molecule has 148 valence electrons. The molecule has 0 radical (unpaired) electrons. The number of benzene rings is 2. The SMILES string of the molecule is CN(Cc1cccc(O)c1)Cc1cn(C)c2ccc(C(=O)NCCCN)cc12. The number of phenolic OH excluding ortho intramolecular Hbond substituents is 1. The van der Waals surface area contributed by atoms with Gasteiger partial charge in [-0.1, -0.05) is 12.1 Å². The number of fused-ring (bicyclic) bond motifs is 1. The molecule has 0 spiro atoms. The van der Waals surface area contributed by atoms with E-state index in [2.05, 4.69) is 21.0 Å². The quantitative estimate of drug-likeness (QED) is 0.525. The molecule has 0 aliphatic carbocycles. The summed E-state index contributed by atoms with van der Waals surface area (Å²) in [5, 5.41) is 13.6. The van der Waals surface area contributed by atoms with E-state index in [0.717, 1.165) is 41.5 Å². The van der Waals surface area contributed by atoms with E-state index < -0.39 is 0 Å². The van der Waals surface area contributed by atoms with E-state index in [4.69, 9.17) is 5.73 Å². The van der Waals surface area contributed by atoms with E-state index in [1.54, 1.807) is 12.1 Å². The Balaban J connectivity index is 1.78. The highest BCUT2D eigenvalue weighted by Crippen LogP contribution is 2.24. The van der Waals surface area contributed by atoms with Crippen molar-refractivity contribution in [1.82, 2.24) is 14.8 Å². The third-order valence-electron chi connectivity index (χ3n) is 4.80. The molecule has 0 aliphatic rings. The molecule has 0 saturated carbocycles. The van der Waals surface area contributed by atoms with Gasteiger partial charge in [-0.3, -0.25) is 9.69 Å². The first kappa shape index (κ1) is 19.9. The highest BCUT2D eigenvalue weighted by atomic mass is 16.3. The predicted octanol–water partition coefficient (Wildman–Crippen LogP) is 2.59. The molecule has 0 aliphatic heterocycles. The lowest BCUT2D eigenvalue weighted by Crippen LogP contribution is -2.25. The first-order chi connectivity index (χ1) is 13.5. The van der Waals surface area contributed by atoms with Gasteiger partial charge in [-0.05, 0) is 61.5 Å². The molecule has 0 bridgehead atoms. The molecular formula is C22H28N4O2. The molecule has 1 heterocycles. The average Bonchev–Trinajstić information content (AvgIpc) is 2.96. The maximum atomic E-state index is 12.4. The van der Waals surface area contributed by atoms with Crippen LogP contribution in [0.25, 0.3) is 10.9 Å². The molecule has 0 unspecified atom stereocenters. The van der Waals surface area contributed by atoms with Crippen LogP contribution < -0.4 is 11.1 Å². The van der Waals surface area contributed by atoms with Gasteiger partial charge in [-0.15, -0.1) is 0 Å². The maximum Gasteiger partial charge on any atom is 0.251 e. The molecule has 6 nitrogen and oxygen atoms in total. The molecule has 3 rings (SSSR count). The second-order valence-electron chi connectivity index (χ2n) is 7.24. The molecule has 0 atom stereocenters. The van der Waals surface area contributed by atoms with Gasteiger partial charge in [-0.25, -0.2) is 0 Å². The predicted molar refractivity (Wildman–Crippen MR) is 112 cm³/mol. The molecule has 2 aromatic carbocycles. The van der Waals surface area contributed by atoms with Crippen molar-refractivity contribution >= 4 is 16.8 Å². The Morgan fingerprint density at radius 3 is 2.79 bits per heavy atom. The molecule has 1 amide bonds. The molecule has 1 aromatic heterocycles. The highest BCUT2D eigenvalue weighted by Gasteiger charge is 2.13. The van der Waals surface area contributed by atoms with Crippen LogP contribution >= 0.6 is 0 Å². The molecule has 0 saturated heterocycles. The van der Waals surface area contributed by atoms with Crippen LogP contribution in [0.5, 0.6) is 5.75 Å². The lowest BCUT2D eigenvalue weighted by molar-refractivity contribution is 0.0953. The third kappa shape index (κ3) is 4.71. The van der Waals surface area contributed by atoms with Gasteiger partial charge >= 0.3 is 0 Å². The summed E-state index contributed by atoms with van der Waals surface area (Å²) in [6.45, 7) is 2.62. The molecule has 28 heavy (non-hydrogen) atoms. The fraction of sp³-hybridized carbons (Fsp3) is 0.318. The van der Waals surface area contributed by atoms with Crippen LogP contribution in [0.4, 0.5) is 0 Å². The minimum absolute atomic E-state index is 0.0710. The summed E-state index contributed by atoms with van der Waals surface area (Å²) in [6, 6.07) is 13.1. The number of rotatable bonds is 8. The Kier molecular flexibility index (Phi) is 6.34. The van der Waals surface area contributed by atoms with E-state index >= 15 is 0 Å². The number of aromatic nitrogens is 1. The summed E-state index contributed by atoms with van der Waals surface area (Å²) in [7, 11) is 4.06. The lowest BCUT2D eigenvalue weighted by atomic mass is 10.1. The molecule has 0 fully saturated rings. The van der Waals surface area contributed by atoms with Crippen LogP contribution in [0, 0.1) is 0 Å². The number of amides is 1. The number of hydrogen-bond acceptors (Lipinski definition) is 4. The van der Waals surface area contributed by atoms with Gasteiger partial charge < -0.3 is 20.7 Å². The number of nitrogens with zero attached hydrogens (tertiary/aromatic N) is 2. The van der Waals surface area contributed by atoms with Crippen molar-refractivity contribution in [2.75, 3.05) is 20.1 Å². The van der Waals surface area contributed by atoms with Gasteiger partial charge in [0.05, 0.1) is 0 Å². The number of aromatic hydroxyl groups is 1. The number of carbonyl (C=O) groups is 1. The van der Waals surface area contributed by atoms with Crippen molar-refractivity contribution in [3.05, 3.63) is 65.4 Å². The highest BCUT2D eigenvalue weighted by molar-refractivity contribution is 5.98. The van der Waals surface area contributed by atoms with Gasteiger partial charge in [0.25, 0.3) is 5.91 Å². The number of nitrogens with one attached hydrogen (secondary N) is 1. The lowest BCUT2D eigenvalue weighted by Gasteiger charge is -2.16. The van der Waals surface area contributed by atoms with E-state index in [-0.39, 0.29) is 11.7 Å². The normalized spacial score (nSPS) is 11.3. The van der Waals surface area contributed by atoms with Crippen LogP contribution in [-0.4, -0.2) is 40.6 Å². The second kappa shape index (κ2) is 8.91. The number of hydrogen-bond donors (Lipinski definition) is 3. The Hall–Kier alpha value is -2.83. The molecule has 3 aromatic rings.